The molecule has 5 aromatic rings. The molecule has 0 fully saturated rings. The standard InChI is InChI=1S/C21H20O2.C15H13F3O4S/c1-4-5-21-19(15-6-9-17(22-2)10-7-15)12-8-16-14-18(23-3)11-13-20(16)21;1-3-4-13-12-7-6-11(21-2)9-10(12)5-8-14(13)22-23(19,20)15(16,17)18/h4,6-14H,1,5H2,2-3H3;3,5-9H,1,4H2,2H3. The van der Waals surface area contributed by atoms with Gasteiger partial charge in [0.25, 0.3) is 0 Å². The maximum atomic E-state index is 12.5. The van der Waals surface area contributed by atoms with E-state index >= 15 is 0 Å². The fraction of sp³-hybridized carbons (Fsp3) is 0.167. The molecule has 0 unspecified atom stereocenters. The molecule has 0 radical (unpaired) electrons. The number of allylic oxidation sites excluding steroid dienone is 2. The molecule has 0 saturated carbocycles. The fourth-order valence-electron chi connectivity index (χ4n) is 4.98. The Kier molecular flexibility index (Phi) is 10.6. The number of halogens is 3. The largest absolute Gasteiger partial charge is 0.534 e. The predicted octanol–water partition coefficient (Wildman–Crippen LogP) is 9.06. The van der Waals surface area contributed by atoms with Crippen LogP contribution in [0, 0.1) is 0 Å². The summed E-state index contributed by atoms with van der Waals surface area (Å²) < 4.78 is 79.9. The molecule has 0 aromatic heterocycles. The Bertz CT molecular complexity index is 1970. The molecule has 0 bridgehead atoms. The van der Waals surface area contributed by atoms with Gasteiger partial charge in [0.2, 0.25) is 0 Å². The molecule has 5 rings (SSSR count). The molecule has 5 aromatic carbocycles. The number of hydrogen-bond acceptors (Lipinski definition) is 6. The van der Waals surface area contributed by atoms with Crippen LogP contribution in [0.5, 0.6) is 23.0 Å². The molecular formula is C36H33F3O6S. The Morgan fingerprint density at radius 1 is 0.652 bits per heavy atom. The van der Waals surface area contributed by atoms with E-state index in [4.69, 9.17) is 14.2 Å². The Labute approximate surface area is 266 Å². The molecule has 0 spiro atoms. The number of alkyl halides is 3. The molecule has 240 valence electrons. The van der Waals surface area contributed by atoms with E-state index in [-0.39, 0.29) is 12.2 Å². The van der Waals surface area contributed by atoms with E-state index in [0.29, 0.717) is 22.1 Å². The van der Waals surface area contributed by atoms with Crippen LogP contribution in [0.25, 0.3) is 32.7 Å². The lowest BCUT2D eigenvalue weighted by Gasteiger charge is -2.14. The average molecular weight is 651 g/mol. The number of rotatable bonds is 10. The Balaban J connectivity index is 0.000000209. The number of methoxy groups -OCH3 is 3. The summed E-state index contributed by atoms with van der Waals surface area (Å²) in [7, 11) is -0.873. The number of ether oxygens (including phenoxy) is 3. The van der Waals surface area contributed by atoms with Crippen LogP contribution in [0.15, 0.2) is 110 Å². The van der Waals surface area contributed by atoms with E-state index in [1.807, 2.05) is 24.3 Å². The molecule has 0 aliphatic heterocycles. The highest BCUT2D eigenvalue weighted by atomic mass is 32.2. The zero-order valence-corrected chi connectivity index (χ0v) is 26.4. The van der Waals surface area contributed by atoms with Crippen molar-refractivity contribution in [2.24, 2.45) is 0 Å². The number of fused-ring (bicyclic) bond motifs is 2. The first-order valence-corrected chi connectivity index (χ1v) is 15.4. The summed E-state index contributed by atoms with van der Waals surface area (Å²) >= 11 is 0. The van der Waals surface area contributed by atoms with Crippen LogP contribution in [-0.4, -0.2) is 35.3 Å². The minimum atomic E-state index is -5.73. The first-order chi connectivity index (χ1) is 22.0. The lowest BCUT2D eigenvalue weighted by molar-refractivity contribution is -0.0500. The highest BCUT2D eigenvalue weighted by molar-refractivity contribution is 7.88. The van der Waals surface area contributed by atoms with Crippen LogP contribution in [0.4, 0.5) is 13.2 Å². The summed E-state index contributed by atoms with van der Waals surface area (Å²) in [5.41, 5.74) is -1.50. The van der Waals surface area contributed by atoms with E-state index in [0.717, 1.165) is 17.9 Å². The molecule has 0 aliphatic rings. The van der Waals surface area contributed by atoms with Crippen molar-refractivity contribution >= 4 is 31.7 Å². The van der Waals surface area contributed by atoms with Crippen LogP contribution in [0.2, 0.25) is 0 Å². The summed E-state index contributed by atoms with van der Waals surface area (Å²) in [6.45, 7) is 7.44. The van der Waals surface area contributed by atoms with Gasteiger partial charge < -0.3 is 18.4 Å². The molecule has 6 nitrogen and oxygen atoms in total. The van der Waals surface area contributed by atoms with Crippen molar-refractivity contribution in [1.29, 1.82) is 0 Å². The van der Waals surface area contributed by atoms with Crippen molar-refractivity contribution in [3.05, 3.63) is 121 Å². The van der Waals surface area contributed by atoms with Gasteiger partial charge in [-0.2, -0.15) is 21.6 Å². The number of benzene rings is 5. The maximum absolute atomic E-state index is 12.5. The van der Waals surface area contributed by atoms with Crippen molar-refractivity contribution in [2.75, 3.05) is 21.3 Å². The Hall–Kier alpha value is -4.96. The fourth-order valence-corrected chi connectivity index (χ4v) is 5.47. The summed E-state index contributed by atoms with van der Waals surface area (Å²) in [5, 5.41) is 3.65. The van der Waals surface area contributed by atoms with Gasteiger partial charge in [0.15, 0.2) is 0 Å². The summed E-state index contributed by atoms with van der Waals surface area (Å²) in [6, 6.07) is 26.3. The molecular weight excluding hydrogens is 617 g/mol. The van der Waals surface area contributed by atoms with Gasteiger partial charge in [-0.05, 0) is 93.5 Å². The summed E-state index contributed by atoms with van der Waals surface area (Å²) in [6.07, 6.45) is 4.37. The SMILES string of the molecule is C=CCc1c(-c2ccc(OC)cc2)ccc2cc(OC)ccc12.C=CCc1c(OS(=O)(=O)C(F)(F)F)ccc2cc(OC)ccc12. The second-order valence-corrected chi connectivity index (χ2v) is 11.5. The minimum absolute atomic E-state index is 0.145. The second-order valence-electron chi connectivity index (χ2n) is 10.0. The summed E-state index contributed by atoms with van der Waals surface area (Å²) in [4.78, 5) is 0. The third-order valence-electron chi connectivity index (χ3n) is 7.21. The maximum Gasteiger partial charge on any atom is 0.534 e. The normalized spacial score (nSPS) is 11.3. The minimum Gasteiger partial charge on any atom is -0.497 e. The first-order valence-electron chi connectivity index (χ1n) is 14.0. The van der Waals surface area contributed by atoms with Gasteiger partial charge in [-0.25, -0.2) is 0 Å². The Morgan fingerprint density at radius 2 is 1.13 bits per heavy atom. The van der Waals surface area contributed by atoms with Gasteiger partial charge in [0.1, 0.15) is 23.0 Å². The lowest BCUT2D eigenvalue weighted by atomic mass is 9.92. The van der Waals surface area contributed by atoms with Crippen molar-refractivity contribution < 1.29 is 40.0 Å². The first kappa shape index (κ1) is 33.9. The topological polar surface area (TPSA) is 71.1 Å². The van der Waals surface area contributed by atoms with Crippen molar-refractivity contribution in [3.63, 3.8) is 0 Å². The van der Waals surface area contributed by atoms with Crippen LogP contribution in [0.1, 0.15) is 11.1 Å². The molecule has 0 atom stereocenters. The molecule has 46 heavy (non-hydrogen) atoms. The zero-order chi connectivity index (χ0) is 33.5. The molecule has 0 aliphatic carbocycles. The van der Waals surface area contributed by atoms with Crippen molar-refractivity contribution in [2.45, 2.75) is 18.3 Å². The van der Waals surface area contributed by atoms with Gasteiger partial charge in [0, 0.05) is 5.56 Å². The predicted molar refractivity (Wildman–Crippen MR) is 176 cm³/mol. The van der Waals surface area contributed by atoms with Gasteiger partial charge in [-0.1, -0.05) is 54.6 Å². The molecule has 0 saturated heterocycles. The van der Waals surface area contributed by atoms with Gasteiger partial charge in [-0.15, -0.1) is 13.2 Å². The second kappa shape index (κ2) is 14.4. The average Bonchev–Trinajstić information content (AvgIpc) is 3.05. The van der Waals surface area contributed by atoms with E-state index in [1.54, 1.807) is 32.4 Å². The van der Waals surface area contributed by atoms with Gasteiger partial charge in [0.05, 0.1) is 21.3 Å². The van der Waals surface area contributed by atoms with E-state index in [9.17, 15) is 21.6 Å². The lowest BCUT2D eigenvalue weighted by Crippen LogP contribution is -2.28. The van der Waals surface area contributed by atoms with Crippen molar-refractivity contribution in [3.8, 4) is 34.1 Å². The van der Waals surface area contributed by atoms with Crippen LogP contribution < -0.4 is 18.4 Å². The smallest absolute Gasteiger partial charge is 0.497 e. The van der Waals surface area contributed by atoms with E-state index < -0.39 is 15.6 Å². The van der Waals surface area contributed by atoms with E-state index in [1.165, 1.54) is 52.8 Å². The summed E-state index contributed by atoms with van der Waals surface area (Å²) in [5.74, 6) is 1.93. The van der Waals surface area contributed by atoms with Crippen LogP contribution >= 0.6 is 0 Å². The highest BCUT2D eigenvalue weighted by Gasteiger charge is 2.48. The van der Waals surface area contributed by atoms with Crippen LogP contribution in [-0.2, 0) is 23.0 Å². The quantitative estimate of drug-likeness (QED) is 0.0854. The molecule has 0 amide bonds. The molecule has 0 heterocycles. The third-order valence-corrected chi connectivity index (χ3v) is 8.18. The monoisotopic (exact) mass is 650 g/mol. The highest BCUT2D eigenvalue weighted by Crippen LogP contribution is 2.35. The third kappa shape index (κ3) is 7.46. The van der Waals surface area contributed by atoms with Gasteiger partial charge in [-0.3, -0.25) is 0 Å². The Morgan fingerprint density at radius 3 is 1.63 bits per heavy atom. The van der Waals surface area contributed by atoms with Crippen molar-refractivity contribution in [1.82, 2.24) is 0 Å². The van der Waals surface area contributed by atoms with E-state index in [2.05, 4.69) is 53.7 Å². The zero-order valence-electron chi connectivity index (χ0n) is 25.6. The molecule has 10 heteroatoms. The number of hydrogen-bond donors (Lipinski definition) is 0. The van der Waals surface area contributed by atoms with Crippen LogP contribution in [0.3, 0.4) is 0 Å². The molecule has 0 N–H and O–H groups in total. The van der Waals surface area contributed by atoms with Gasteiger partial charge >= 0.3 is 15.6 Å².